The maximum Gasteiger partial charge on any atom is 0.227 e. The Morgan fingerprint density at radius 3 is 2.81 bits per heavy atom. The van der Waals surface area contributed by atoms with Gasteiger partial charge in [0.25, 0.3) is 0 Å². The van der Waals surface area contributed by atoms with E-state index in [1.807, 2.05) is 6.92 Å². The first-order chi connectivity index (χ1) is 12.9. The molecule has 1 aliphatic rings. The summed E-state index contributed by atoms with van der Waals surface area (Å²) in [5.74, 6) is -0.807. The molecule has 1 aromatic carbocycles. The van der Waals surface area contributed by atoms with E-state index in [-0.39, 0.29) is 35.6 Å². The van der Waals surface area contributed by atoms with Crippen LogP contribution in [-0.4, -0.2) is 33.6 Å². The highest BCUT2D eigenvalue weighted by Crippen LogP contribution is 2.23. The summed E-state index contributed by atoms with van der Waals surface area (Å²) in [5, 5.41) is 17.6. The van der Waals surface area contributed by atoms with Crippen molar-refractivity contribution in [1.82, 2.24) is 20.8 Å². The number of anilines is 1. The minimum Gasteiger partial charge on any atom is -0.331 e. The normalized spacial score (nSPS) is 22.3. The predicted molar refractivity (Wildman–Crippen MR) is 104 cm³/mol. The molecule has 0 bridgehead atoms. The Bertz CT molecular complexity index is 831. The van der Waals surface area contributed by atoms with Gasteiger partial charge in [-0.3, -0.25) is 14.9 Å². The molecule has 144 valence electrons. The number of benzene rings is 1. The second-order valence-electron chi connectivity index (χ2n) is 6.23. The fraction of sp³-hybridized carbons (Fsp3) is 0.412. The highest BCUT2D eigenvalue weighted by Gasteiger charge is 2.35. The topological polar surface area (TPSA) is 96.0 Å². The molecule has 0 saturated carbocycles. The molecule has 3 atom stereocenters. The van der Waals surface area contributed by atoms with E-state index in [2.05, 4.69) is 26.1 Å². The average Bonchev–Trinajstić information content (AvgIpc) is 3.02. The number of hydrogen-bond donors (Lipinski definition) is 3. The van der Waals surface area contributed by atoms with Gasteiger partial charge in [0, 0.05) is 18.2 Å². The van der Waals surface area contributed by atoms with Gasteiger partial charge in [0.05, 0.1) is 5.92 Å². The number of thioether (sulfide) groups is 1. The quantitative estimate of drug-likeness (QED) is 0.677. The number of halogens is 1. The van der Waals surface area contributed by atoms with Crippen molar-refractivity contribution in [3.05, 3.63) is 40.7 Å². The number of rotatable bonds is 6. The maximum absolute atomic E-state index is 13.7. The molecule has 0 aliphatic carbocycles. The molecule has 10 heteroatoms. The van der Waals surface area contributed by atoms with E-state index in [1.165, 1.54) is 29.2 Å². The smallest absolute Gasteiger partial charge is 0.227 e. The van der Waals surface area contributed by atoms with Crippen LogP contribution in [0.2, 0.25) is 0 Å². The molecule has 2 amide bonds. The van der Waals surface area contributed by atoms with Crippen molar-refractivity contribution < 1.29 is 14.0 Å². The molecule has 7 nitrogen and oxygen atoms in total. The summed E-state index contributed by atoms with van der Waals surface area (Å²) in [6.45, 7) is 3.66. The Morgan fingerprint density at radius 1 is 1.37 bits per heavy atom. The zero-order valence-corrected chi connectivity index (χ0v) is 16.5. The summed E-state index contributed by atoms with van der Waals surface area (Å²) in [4.78, 5) is 24.6. The van der Waals surface area contributed by atoms with Crippen LogP contribution in [0.5, 0.6) is 0 Å². The second-order valence-corrected chi connectivity index (χ2v) is 8.51. The van der Waals surface area contributed by atoms with Gasteiger partial charge in [0.2, 0.25) is 16.9 Å². The Balaban J connectivity index is 1.51. The number of aryl methyl sites for hydroxylation is 1. The van der Waals surface area contributed by atoms with E-state index in [9.17, 15) is 14.0 Å². The third-order valence-electron chi connectivity index (χ3n) is 4.17. The lowest BCUT2D eigenvalue weighted by Crippen LogP contribution is -2.59. The van der Waals surface area contributed by atoms with Crippen LogP contribution in [0.4, 0.5) is 9.52 Å². The van der Waals surface area contributed by atoms with Gasteiger partial charge in [-0.1, -0.05) is 29.5 Å². The summed E-state index contributed by atoms with van der Waals surface area (Å²) in [6.07, 6.45) is 0.0450. The van der Waals surface area contributed by atoms with Gasteiger partial charge in [-0.25, -0.2) is 4.39 Å². The van der Waals surface area contributed by atoms with E-state index in [4.69, 9.17) is 0 Å². The highest BCUT2D eigenvalue weighted by atomic mass is 32.2. The fourth-order valence-corrected chi connectivity index (χ4v) is 4.42. The summed E-state index contributed by atoms with van der Waals surface area (Å²) in [5.41, 5.74) is 0.247. The highest BCUT2D eigenvalue weighted by molar-refractivity contribution is 7.99. The summed E-state index contributed by atoms with van der Waals surface area (Å²) in [7, 11) is 0. The van der Waals surface area contributed by atoms with Crippen molar-refractivity contribution >= 4 is 40.0 Å². The molecular weight excluding hydrogens is 389 g/mol. The van der Waals surface area contributed by atoms with Crippen molar-refractivity contribution in [3.63, 3.8) is 0 Å². The molecule has 1 fully saturated rings. The lowest BCUT2D eigenvalue weighted by molar-refractivity contribution is -0.131. The van der Waals surface area contributed by atoms with Crippen LogP contribution >= 0.6 is 23.1 Å². The molecule has 1 aliphatic heterocycles. The summed E-state index contributed by atoms with van der Waals surface area (Å²) in [6, 6.07) is 6.37. The summed E-state index contributed by atoms with van der Waals surface area (Å²) >= 11 is 2.68. The molecule has 0 spiro atoms. The van der Waals surface area contributed by atoms with Gasteiger partial charge in [0.15, 0.2) is 0 Å². The van der Waals surface area contributed by atoms with Gasteiger partial charge in [-0.2, -0.15) is 0 Å². The van der Waals surface area contributed by atoms with Crippen molar-refractivity contribution in [2.75, 3.05) is 5.32 Å². The largest absolute Gasteiger partial charge is 0.331 e. The van der Waals surface area contributed by atoms with Crippen LogP contribution < -0.4 is 16.0 Å². The number of hydrogen-bond acceptors (Lipinski definition) is 7. The Labute approximate surface area is 164 Å². The fourth-order valence-electron chi connectivity index (χ4n) is 2.72. The van der Waals surface area contributed by atoms with E-state index in [1.54, 1.807) is 25.1 Å². The molecule has 1 saturated heterocycles. The van der Waals surface area contributed by atoms with Gasteiger partial charge < -0.3 is 10.6 Å². The van der Waals surface area contributed by atoms with E-state index in [0.717, 1.165) is 5.01 Å². The number of nitrogens with zero attached hydrogens (tertiary/aromatic N) is 2. The number of carbonyl (C=O) groups is 2. The monoisotopic (exact) mass is 409 g/mol. The Hall–Kier alpha value is -2.04. The third kappa shape index (κ3) is 5.24. The van der Waals surface area contributed by atoms with Gasteiger partial charge in [-0.15, -0.1) is 22.0 Å². The minimum absolute atomic E-state index is 0.0450. The standard InChI is InChI=1S/C17H20FN5O2S2/c1-9-12(7-14(24)20-17-23-22-10(2)27-17)15(25)21-16(19-9)26-8-11-5-3-4-6-13(11)18/h3-6,9,12,16,19H,7-8H2,1-2H3,(H,21,25)(H,20,23,24). The van der Waals surface area contributed by atoms with E-state index in [0.29, 0.717) is 16.4 Å². The lowest BCUT2D eigenvalue weighted by atomic mass is 9.94. The predicted octanol–water partition coefficient (Wildman–Crippen LogP) is 2.26. The summed E-state index contributed by atoms with van der Waals surface area (Å²) < 4.78 is 13.7. The second kappa shape index (κ2) is 8.77. The SMILES string of the molecule is Cc1nnc(NC(=O)CC2C(=O)NC(SCc3ccccc3F)NC2C)s1. The van der Waals surface area contributed by atoms with Crippen LogP contribution in [0.1, 0.15) is 23.9 Å². The van der Waals surface area contributed by atoms with Crippen LogP contribution in [-0.2, 0) is 15.3 Å². The average molecular weight is 410 g/mol. The molecule has 2 heterocycles. The van der Waals surface area contributed by atoms with Crippen LogP contribution in [0.25, 0.3) is 0 Å². The van der Waals surface area contributed by atoms with E-state index >= 15 is 0 Å². The molecule has 1 aromatic heterocycles. The first kappa shape index (κ1) is 19.7. The van der Waals surface area contributed by atoms with Crippen LogP contribution in [0.3, 0.4) is 0 Å². The molecule has 2 aromatic rings. The Morgan fingerprint density at radius 2 is 2.15 bits per heavy atom. The number of amides is 2. The lowest BCUT2D eigenvalue weighted by Gasteiger charge is -2.35. The Kier molecular flexibility index (Phi) is 6.40. The van der Waals surface area contributed by atoms with Gasteiger partial charge in [0.1, 0.15) is 16.3 Å². The number of carbonyl (C=O) groups excluding carboxylic acids is 2. The van der Waals surface area contributed by atoms with Gasteiger partial charge >= 0.3 is 0 Å². The molecular formula is C17H20FN5O2S2. The first-order valence-corrected chi connectivity index (χ1v) is 10.3. The van der Waals surface area contributed by atoms with Crippen LogP contribution in [0.15, 0.2) is 24.3 Å². The number of aromatic nitrogens is 2. The zero-order chi connectivity index (χ0) is 19.4. The van der Waals surface area contributed by atoms with Crippen molar-refractivity contribution in [2.24, 2.45) is 5.92 Å². The zero-order valence-electron chi connectivity index (χ0n) is 14.9. The van der Waals surface area contributed by atoms with Crippen molar-refractivity contribution in [2.45, 2.75) is 37.6 Å². The third-order valence-corrected chi connectivity index (χ3v) is 5.99. The molecule has 27 heavy (non-hydrogen) atoms. The molecule has 3 N–H and O–H groups in total. The molecule has 3 unspecified atom stereocenters. The van der Waals surface area contributed by atoms with Gasteiger partial charge in [-0.05, 0) is 25.5 Å². The van der Waals surface area contributed by atoms with Crippen LogP contribution in [0, 0.1) is 18.7 Å². The van der Waals surface area contributed by atoms with Crippen molar-refractivity contribution in [1.29, 1.82) is 0 Å². The molecule has 3 rings (SSSR count). The number of nitrogens with one attached hydrogen (secondary N) is 3. The van der Waals surface area contributed by atoms with Crippen molar-refractivity contribution in [3.8, 4) is 0 Å². The maximum atomic E-state index is 13.7. The first-order valence-electron chi connectivity index (χ1n) is 8.44. The minimum atomic E-state index is -0.496. The van der Waals surface area contributed by atoms with E-state index < -0.39 is 5.92 Å². The molecule has 0 radical (unpaired) electrons.